The third-order valence-corrected chi connectivity index (χ3v) is 6.26. The molecule has 1 aliphatic rings. The highest BCUT2D eigenvalue weighted by molar-refractivity contribution is 9.11. The Bertz CT molecular complexity index is 1020. The minimum atomic E-state index is -0.349. The Labute approximate surface area is 201 Å². The molecule has 0 aromatic heterocycles. The number of rotatable bonds is 9. The van der Waals surface area contributed by atoms with Crippen LogP contribution in [0.1, 0.15) is 5.56 Å². The van der Waals surface area contributed by atoms with Gasteiger partial charge in [0.05, 0.1) is 27.5 Å². The molecule has 1 aliphatic heterocycles. The van der Waals surface area contributed by atoms with Crippen molar-refractivity contribution in [3.8, 4) is 17.2 Å². The number of carbonyl (C=O) groups excluding carboxylic acids is 2. The average molecular weight is 569 g/mol. The van der Waals surface area contributed by atoms with Crippen LogP contribution in [-0.2, 0) is 4.79 Å². The van der Waals surface area contributed by atoms with E-state index in [1.807, 2.05) is 24.3 Å². The summed E-state index contributed by atoms with van der Waals surface area (Å²) in [5.74, 6) is 1.44. The second kappa shape index (κ2) is 10.9. The average Bonchev–Trinajstić information content (AvgIpc) is 3.01. The van der Waals surface area contributed by atoms with Gasteiger partial charge < -0.3 is 14.2 Å². The molecule has 0 aliphatic carbocycles. The second-order valence-electron chi connectivity index (χ2n) is 6.25. The molecule has 0 unspecified atom stereocenters. The van der Waals surface area contributed by atoms with Crippen LogP contribution in [0.15, 0.2) is 62.9 Å². The fourth-order valence-corrected chi connectivity index (χ4v) is 5.09. The largest absolute Gasteiger partial charge is 0.493 e. The lowest BCUT2D eigenvalue weighted by atomic mass is 10.2. The third kappa shape index (κ3) is 5.72. The summed E-state index contributed by atoms with van der Waals surface area (Å²) >= 11 is 7.84. The summed E-state index contributed by atoms with van der Waals surface area (Å²) in [5.41, 5.74) is 0.750. The van der Waals surface area contributed by atoms with Gasteiger partial charge in [-0.15, -0.1) is 0 Å². The van der Waals surface area contributed by atoms with Crippen molar-refractivity contribution in [3.63, 3.8) is 0 Å². The summed E-state index contributed by atoms with van der Waals surface area (Å²) < 4.78 is 18.0. The maximum absolute atomic E-state index is 12.7. The molecular weight excluding hydrogens is 550 g/mol. The van der Waals surface area contributed by atoms with Gasteiger partial charge >= 0.3 is 0 Å². The Morgan fingerprint density at radius 1 is 1.10 bits per heavy atom. The molecule has 3 rings (SSSR count). The van der Waals surface area contributed by atoms with E-state index in [0.29, 0.717) is 28.8 Å². The molecule has 1 fully saturated rings. The normalized spacial score (nSPS) is 14.8. The molecule has 9 heteroatoms. The van der Waals surface area contributed by atoms with Crippen LogP contribution in [0.3, 0.4) is 0 Å². The first-order valence-electron chi connectivity index (χ1n) is 9.18. The number of ether oxygens (including phenoxy) is 3. The van der Waals surface area contributed by atoms with Crippen molar-refractivity contribution >= 4 is 60.8 Å². The molecule has 0 N–H and O–H groups in total. The smallest absolute Gasteiger partial charge is 0.293 e. The molecule has 1 heterocycles. The maximum atomic E-state index is 12.7. The SMILES string of the molecule is C=CCOc1c(Br)cc(/C=C2\SC(=O)N(CCOc3ccccc3OC)C2=O)cc1Br. The minimum Gasteiger partial charge on any atom is -0.493 e. The molecule has 162 valence electrons. The number of amides is 2. The fourth-order valence-electron chi connectivity index (χ4n) is 2.77. The number of nitrogens with zero attached hydrogens (tertiary/aromatic N) is 1. The lowest BCUT2D eigenvalue weighted by Crippen LogP contribution is -2.32. The van der Waals surface area contributed by atoms with Gasteiger partial charge in [-0.3, -0.25) is 14.5 Å². The van der Waals surface area contributed by atoms with E-state index in [1.54, 1.807) is 31.4 Å². The summed E-state index contributed by atoms with van der Waals surface area (Å²) in [6.07, 6.45) is 3.33. The van der Waals surface area contributed by atoms with E-state index in [1.165, 1.54) is 4.90 Å². The molecule has 2 amide bonds. The third-order valence-electron chi connectivity index (χ3n) is 4.18. The number of imide groups is 1. The highest BCUT2D eigenvalue weighted by atomic mass is 79.9. The van der Waals surface area contributed by atoms with Gasteiger partial charge in [0.15, 0.2) is 11.5 Å². The Balaban J connectivity index is 1.68. The molecule has 6 nitrogen and oxygen atoms in total. The number of para-hydroxylation sites is 2. The van der Waals surface area contributed by atoms with E-state index in [-0.39, 0.29) is 24.3 Å². The van der Waals surface area contributed by atoms with Crippen molar-refractivity contribution in [3.05, 3.63) is 68.5 Å². The maximum Gasteiger partial charge on any atom is 0.293 e. The Hall–Kier alpha value is -2.23. The van der Waals surface area contributed by atoms with Gasteiger partial charge in [-0.25, -0.2) is 0 Å². The van der Waals surface area contributed by atoms with Crippen LogP contribution in [-0.4, -0.2) is 42.9 Å². The van der Waals surface area contributed by atoms with Gasteiger partial charge in [-0.05, 0) is 79.5 Å². The first-order chi connectivity index (χ1) is 14.9. The molecule has 31 heavy (non-hydrogen) atoms. The molecule has 0 bridgehead atoms. The predicted molar refractivity (Wildman–Crippen MR) is 129 cm³/mol. The predicted octanol–water partition coefficient (Wildman–Crippen LogP) is 5.90. The standard InChI is InChI=1S/C22H19Br2NO5S/c1-3-9-30-20-15(23)11-14(12-16(20)24)13-19-21(26)25(22(27)31-19)8-10-29-18-7-5-4-6-17(18)28-2/h3-7,11-13H,1,8-10H2,2H3/b19-13-. The van der Waals surface area contributed by atoms with Crippen LogP contribution in [0.25, 0.3) is 6.08 Å². The number of hydrogen-bond acceptors (Lipinski definition) is 6. The van der Waals surface area contributed by atoms with E-state index < -0.39 is 0 Å². The lowest BCUT2D eigenvalue weighted by molar-refractivity contribution is -0.123. The number of benzene rings is 2. The van der Waals surface area contributed by atoms with Crippen molar-refractivity contribution in [2.24, 2.45) is 0 Å². The zero-order valence-electron chi connectivity index (χ0n) is 16.6. The van der Waals surface area contributed by atoms with E-state index in [4.69, 9.17) is 14.2 Å². The molecule has 2 aromatic carbocycles. The van der Waals surface area contributed by atoms with Crippen LogP contribution in [0.2, 0.25) is 0 Å². The summed E-state index contributed by atoms with van der Waals surface area (Å²) in [6.45, 7) is 4.31. The van der Waals surface area contributed by atoms with Crippen molar-refractivity contribution in [2.75, 3.05) is 26.9 Å². The quantitative estimate of drug-likeness (QED) is 0.277. The zero-order chi connectivity index (χ0) is 22.4. The number of carbonyl (C=O) groups is 2. The van der Waals surface area contributed by atoms with Crippen LogP contribution in [0, 0.1) is 0 Å². The number of hydrogen-bond donors (Lipinski definition) is 0. The first kappa shape index (κ1) is 23.4. The van der Waals surface area contributed by atoms with Gasteiger partial charge in [0, 0.05) is 0 Å². The topological polar surface area (TPSA) is 65.1 Å². The first-order valence-corrected chi connectivity index (χ1v) is 11.6. The summed E-state index contributed by atoms with van der Waals surface area (Å²) in [7, 11) is 1.55. The van der Waals surface area contributed by atoms with E-state index in [2.05, 4.69) is 38.4 Å². The molecular formula is C22H19Br2NO5S. The van der Waals surface area contributed by atoms with Gasteiger partial charge in [-0.2, -0.15) is 0 Å². The zero-order valence-corrected chi connectivity index (χ0v) is 20.6. The minimum absolute atomic E-state index is 0.141. The molecule has 1 saturated heterocycles. The Morgan fingerprint density at radius 3 is 2.42 bits per heavy atom. The van der Waals surface area contributed by atoms with Crippen LogP contribution in [0.4, 0.5) is 4.79 Å². The van der Waals surface area contributed by atoms with Crippen molar-refractivity contribution in [2.45, 2.75) is 0 Å². The molecule has 2 aromatic rings. The number of halogens is 2. The summed E-state index contributed by atoms with van der Waals surface area (Å²) in [6, 6.07) is 10.9. The van der Waals surface area contributed by atoms with Crippen molar-refractivity contribution in [1.82, 2.24) is 4.90 Å². The summed E-state index contributed by atoms with van der Waals surface area (Å²) in [5, 5.41) is -0.330. The van der Waals surface area contributed by atoms with Gasteiger partial charge in [0.2, 0.25) is 0 Å². The van der Waals surface area contributed by atoms with Crippen LogP contribution >= 0.6 is 43.6 Å². The van der Waals surface area contributed by atoms with Gasteiger partial charge in [-0.1, -0.05) is 24.8 Å². The van der Waals surface area contributed by atoms with Crippen LogP contribution in [0.5, 0.6) is 17.2 Å². The van der Waals surface area contributed by atoms with Crippen molar-refractivity contribution in [1.29, 1.82) is 0 Å². The molecule has 0 atom stereocenters. The van der Waals surface area contributed by atoms with Gasteiger partial charge in [0.1, 0.15) is 19.0 Å². The van der Waals surface area contributed by atoms with E-state index >= 15 is 0 Å². The van der Waals surface area contributed by atoms with Crippen LogP contribution < -0.4 is 14.2 Å². The van der Waals surface area contributed by atoms with E-state index in [9.17, 15) is 9.59 Å². The second-order valence-corrected chi connectivity index (χ2v) is 8.95. The Kier molecular flexibility index (Phi) is 8.22. The molecule has 0 saturated carbocycles. The highest BCUT2D eigenvalue weighted by Gasteiger charge is 2.34. The fraction of sp³-hybridized carbons (Fsp3) is 0.182. The molecule has 0 spiro atoms. The number of methoxy groups -OCH3 is 1. The lowest BCUT2D eigenvalue weighted by Gasteiger charge is -2.14. The van der Waals surface area contributed by atoms with Gasteiger partial charge in [0.25, 0.3) is 11.1 Å². The highest BCUT2D eigenvalue weighted by Crippen LogP contribution is 2.37. The van der Waals surface area contributed by atoms with E-state index in [0.717, 1.165) is 26.3 Å². The van der Waals surface area contributed by atoms with Crippen molar-refractivity contribution < 1.29 is 23.8 Å². The number of thioether (sulfide) groups is 1. The summed E-state index contributed by atoms with van der Waals surface area (Å²) in [4.78, 5) is 26.6. The molecule has 0 radical (unpaired) electrons. The Morgan fingerprint density at radius 2 is 1.77 bits per heavy atom. The monoisotopic (exact) mass is 567 g/mol.